The Hall–Kier alpha value is -1.96. The molecule has 0 aliphatic heterocycles. The Morgan fingerprint density at radius 3 is 2.24 bits per heavy atom. The van der Waals surface area contributed by atoms with Gasteiger partial charge in [0.15, 0.2) is 0 Å². The van der Waals surface area contributed by atoms with Crippen LogP contribution in [0.15, 0.2) is 54.6 Å². The monoisotopic (exact) mass is 278 g/mol. The Bertz CT molecular complexity index is 608. The molecule has 0 saturated heterocycles. The van der Waals surface area contributed by atoms with E-state index in [1.165, 1.54) is 37.1 Å². The summed E-state index contributed by atoms with van der Waals surface area (Å²) in [6, 6.07) is 19.6. The molecular formula is C19H22N2. The van der Waals surface area contributed by atoms with Crippen LogP contribution in [-0.4, -0.2) is 6.04 Å². The van der Waals surface area contributed by atoms with Crippen LogP contribution in [0.25, 0.3) is 0 Å². The van der Waals surface area contributed by atoms with E-state index in [0.29, 0.717) is 6.04 Å². The first-order valence-corrected chi connectivity index (χ1v) is 8.06. The molecule has 2 saturated carbocycles. The number of para-hydroxylation sites is 3. The molecule has 2 aromatic carbocycles. The molecule has 0 radical (unpaired) electrons. The third-order valence-corrected chi connectivity index (χ3v) is 5.06. The van der Waals surface area contributed by atoms with Crippen molar-refractivity contribution < 1.29 is 0 Å². The molecule has 2 fully saturated rings. The molecule has 108 valence electrons. The first-order chi connectivity index (χ1) is 10.4. The molecule has 2 aliphatic rings. The topological polar surface area (TPSA) is 24.1 Å². The summed E-state index contributed by atoms with van der Waals surface area (Å²) in [5.41, 5.74) is 3.55. The van der Waals surface area contributed by atoms with Crippen molar-refractivity contribution in [3.05, 3.63) is 54.6 Å². The molecule has 3 atom stereocenters. The fourth-order valence-corrected chi connectivity index (χ4v) is 4.02. The highest BCUT2D eigenvalue weighted by atomic mass is 15.0. The lowest BCUT2D eigenvalue weighted by Crippen LogP contribution is -2.26. The smallest absolute Gasteiger partial charge is 0.0620 e. The highest BCUT2D eigenvalue weighted by Crippen LogP contribution is 2.46. The second-order valence-electron chi connectivity index (χ2n) is 6.46. The SMILES string of the molecule is c1ccc(Nc2ccccc2N[C@@H]2C[C@H]3CC[C@H]2C3)cc1. The van der Waals surface area contributed by atoms with Crippen molar-refractivity contribution in [2.75, 3.05) is 10.6 Å². The summed E-state index contributed by atoms with van der Waals surface area (Å²) >= 11 is 0. The lowest BCUT2D eigenvalue weighted by molar-refractivity contribution is 0.440. The fourth-order valence-electron chi connectivity index (χ4n) is 4.02. The van der Waals surface area contributed by atoms with Gasteiger partial charge in [-0.25, -0.2) is 0 Å². The molecule has 2 bridgehead atoms. The highest BCUT2D eigenvalue weighted by molar-refractivity contribution is 5.74. The molecule has 0 unspecified atom stereocenters. The summed E-state index contributed by atoms with van der Waals surface area (Å²) in [6.45, 7) is 0. The van der Waals surface area contributed by atoms with Gasteiger partial charge in [0, 0.05) is 11.7 Å². The maximum atomic E-state index is 3.80. The third-order valence-electron chi connectivity index (χ3n) is 5.06. The van der Waals surface area contributed by atoms with Crippen LogP contribution in [0.4, 0.5) is 17.1 Å². The number of anilines is 3. The van der Waals surface area contributed by atoms with Crippen molar-refractivity contribution >= 4 is 17.1 Å². The molecule has 0 aromatic heterocycles. The number of hydrogen-bond donors (Lipinski definition) is 2. The Balaban J connectivity index is 1.52. The normalized spacial score (nSPS) is 26.8. The van der Waals surface area contributed by atoms with E-state index >= 15 is 0 Å². The van der Waals surface area contributed by atoms with E-state index in [0.717, 1.165) is 17.5 Å². The van der Waals surface area contributed by atoms with Crippen LogP contribution in [0.1, 0.15) is 25.7 Å². The van der Waals surface area contributed by atoms with Gasteiger partial charge in [-0.3, -0.25) is 0 Å². The minimum absolute atomic E-state index is 0.669. The summed E-state index contributed by atoms with van der Waals surface area (Å²) in [4.78, 5) is 0. The predicted octanol–water partition coefficient (Wildman–Crippen LogP) is 5.03. The summed E-state index contributed by atoms with van der Waals surface area (Å²) in [6.07, 6.45) is 5.65. The first-order valence-electron chi connectivity index (χ1n) is 8.06. The molecule has 2 aromatic rings. The van der Waals surface area contributed by atoms with Gasteiger partial charge in [0.2, 0.25) is 0 Å². The number of fused-ring (bicyclic) bond motifs is 2. The lowest BCUT2D eigenvalue weighted by atomic mass is 9.95. The van der Waals surface area contributed by atoms with Gasteiger partial charge in [0.25, 0.3) is 0 Å². The van der Waals surface area contributed by atoms with Crippen molar-refractivity contribution in [1.29, 1.82) is 0 Å². The summed E-state index contributed by atoms with van der Waals surface area (Å²) in [5, 5.41) is 7.33. The summed E-state index contributed by atoms with van der Waals surface area (Å²) in [7, 11) is 0. The maximum Gasteiger partial charge on any atom is 0.0620 e. The number of nitrogens with one attached hydrogen (secondary N) is 2. The van der Waals surface area contributed by atoms with E-state index in [9.17, 15) is 0 Å². The maximum absolute atomic E-state index is 3.80. The molecule has 0 spiro atoms. The highest BCUT2D eigenvalue weighted by Gasteiger charge is 2.39. The Morgan fingerprint density at radius 2 is 1.52 bits per heavy atom. The zero-order valence-corrected chi connectivity index (χ0v) is 12.3. The average molecular weight is 278 g/mol. The van der Waals surface area contributed by atoms with Gasteiger partial charge in [-0.1, -0.05) is 36.8 Å². The second kappa shape index (κ2) is 5.44. The van der Waals surface area contributed by atoms with Crippen molar-refractivity contribution in [3.8, 4) is 0 Å². The molecule has 2 heteroatoms. The van der Waals surface area contributed by atoms with Crippen LogP contribution in [0.5, 0.6) is 0 Å². The van der Waals surface area contributed by atoms with E-state index < -0.39 is 0 Å². The van der Waals surface area contributed by atoms with Crippen LogP contribution in [0, 0.1) is 11.8 Å². The van der Waals surface area contributed by atoms with Crippen LogP contribution >= 0.6 is 0 Å². The molecule has 2 nitrogen and oxygen atoms in total. The Labute approximate surface area is 126 Å². The molecule has 2 aliphatic carbocycles. The lowest BCUT2D eigenvalue weighted by Gasteiger charge is -2.25. The van der Waals surface area contributed by atoms with E-state index in [1.54, 1.807) is 0 Å². The summed E-state index contributed by atoms with van der Waals surface area (Å²) in [5.74, 6) is 1.86. The van der Waals surface area contributed by atoms with Crippen LogP contribution in [-0.2, 0) is 0 Å². The van der Waals surface area contributed by atoms with Gasteiger partial charge >= 0.3 is 0 Å². The average Bonchev–Trinajstić information content (AvgIpc) is 3.13. The standard InChI is InChI=1S/C19H22N2/c1-2-6-16(7-3-1)20-17-8-4-5-9-18(17)21-19-13-14-10-11-15(19)12-14/h1-9,14-15,19-21H,10-13H2/t14-,15-,19+/m0/s1. The van der Waals surface area contributed by atoms with Gasteiger partial charge in [0.1, 0.15) is 0 Å². The van der Waals surface area contributed by atoms with Crippen molar-refractivity contribution in [2.45, 2.75) is 31.7 Å². The quantitative estimate of drug-likeness (QED) is 0.819. The minimum Gasteiger partial charge on any atom is -0.380 e. The van der Waals surface area contributed by atoms with Gasteiger partial charge in [0.05, 0.1) is 11.4 Å². The molecule has 0 amide bonds. The van der Waals surface area contributed by atoms with Crippen LogP contribution < -0.4 is 10.6 Å². The number of rotatable bonds is 4. The van der Waals surface area contributed by atoms with Crippen LogP contribution in [0.2, 0.25) is 0 Å². The van der Waals surface area contributed by atoms with Gasteiger partial charge in [-0.15, -0.1) is 0 Å². The summed E-state index contributed by atoms with van der Waals surface area (Å²) < 4.78 is 0. The third kappa shape index (κ3) is 2.63. The number of hydrogen-bond acceptors (Lipinski definition) is 2. The molecule has 2 N–H and O–H groups in total. The van der Waals surface area contributed by atoms with Gasteiger partial charge in [-0.2, -0.15) is 0 Å². The zero-order chi connectivity index (χ0) is 14.1. The van der Waals surface area contributed by atoms with Crippen molar-refractivity contribution in [3.63, 3.8) is 0 Å². The molecular weight excluding hydrogens is 256 g/mol. The van der Waals surface area contributed by atoms with Gasteiger partial charge < -0.3 is 10.6 Å². The van der Waals surface area contributed by atoms with Crippen LogP contribution in [0.3, 0.4) is 0 Å². The number of benzene rings is 2. The van der Waals surface area contributed by atoms with E-state index in [-0.39, 0.29) is 0 Å². The fraction of sp³-hybridized carbons (Fsp3) is 0.368. The predicted molar refractivity (Wildman–Crippen MR) is 89.0 cm³/mol. The molecule has 21 heavy (non-hydrogen) atoms. The van der Waals surface area contributed by atoms with E-state index in [4.69, 9.17) is 0 Å². The Kier molecular flexibility index (Phi) is 3.30. The second-order valence-corrected chi connectivity index (χ2v) is 6.46. The van der Waals surface area contributed by atoms with Gasteiger partial charge in [-0.05, 0) is 55.4 Å². The van der Waals surface area contributed by atoms with Crippen molar-refractivity contribution in [2.24, 2.45) is 11.8 Å². The molecule has 4 rings (SSSR count). The van der Waals surface area contributed by atoms with Crippen molar-refractivity contribution in [1.82, 2.24) is 0 Å². The minimum atomic E-state index is 0.669. The van der Waals surface area contributed by atoms with E-state index in [1.807, 2.05) is 6.07 Å². The largest absolute Gasteiger partial charge is 0.380 e. The van der Waals surface area contributed by atoms with E-state index in [2.05, 4.69) is 59.2 Å². The zero-order valence-electron chi connectivity index (χ0n) is 12.3. The Morgan fingerprint density at radius 1 is 0.762 bits per heavy atom. The molecule has 0 heterocycles. The first kappa shape index (κ1) is 12.8.